The first-order valence-electron chi connectivity index (χ1n) is 6.31. The highest BCUT2D eigenvalue weighted by Gasteiger charge is 2.21. The van der Waals surface area contributed by atoms with Gasteiger partial charge in [0.2, 0.25) is 0 Å². The van der Waals surface area contributed by atoms with Gasteiger partial charge in [0, 0.05) is 6.54 Å². The van der Waals surface area contributed by atoms with Crippen LogP contribution in [-0.4, -0.2) is 36.5 Å². The number of rotatable bonds is 8. The maximum atomic E-state index is 11.6. The molecule has 0 fully saturated rings. The lowest BCUT2D eigenvalue weighted by molar-refractivity contribution is -0.109. The van der Waals surface area contributed by atoms with Crippen molar-refractivity contribution in [3.63, 3.8) is 0 Å². The molecule has 0 radical (unpaired) electrons. The second-order valence-corrected chi connectivity index (χ2v) is 4.84. The Morgan fingerprint density at radius 1 is 1.47 bits per heavy atom. The van der Waals surface area contributed by atoms with Crippen molar-refractivity contribution in [1.29, 1.82) is 0 Å². The van der Waals surface area contributed by atoms with Crippen LogP contribution < -0.4 is 16.8 Å². The number of amides is 1. The van der Waals surface area contributed by atoms with E-state index in [1.807, 2.05) is 6.92 Å². The highest BCUT2D eigenvalue weighted by Crippen LogP contribution is 2.13. The van der Waals surface area contributed by atoms with Crippen LogP contribution in [0, 0.1) is 0 Å². The zero-order valence-corrected chi connectivity index (χ0v) is 11.8. The van der Waals surface area contributed by atoms with Crippen LogP contribution in [0.2, 0.25) is 0 Å². The van der Waals surface area contributed by atoms with Crippen LogP contribution in [-0.2, 0) is 9.53 Å². The number of carbonyl (C=O) groups excluding carboxylic acids is 2. The van der Waals surface area contributed by atoms with Crippen molar-refractivity contribution in [3.05, 3.63) is 0 Å². The lowest BCUT2D eigenvalue weighted by atomic mass is 10.1. The van der Waals surface area contributed by atoms with Gasteiger partial charge in [-0.1, -0.05) is 6.92 Å². The average Bonchev–Trinajstić information content (AvgIpc) is 2.32. The summed E-state index contributed by atoms with van der Waals surface area (Å²) >= 11 is 0. The molecule has 0 saturated carbocycles. The Labute approximate surface area is 113 Å². The Kier molecular flexibility index (Phi) is 7.55. The molecule has 19 heavy (non-hydrogen) atoms. The van der Waals surface area contributed by atoms with Gasteiger partial charge >= 0.3 is 6.09 Å². The summed E-state index contributed by atoms with van der Waals surface area (Å²) in [5.41, 5.74) is 9.81. The molecule has 0 aliphatic carbocycles. The van der Waals surface area contributed by atoms with E-state index in [9.17, 15) is 9.59 Å². The predicted molar refractivity (Wildman–Crippen MR) is 73.7 cm³/mol. The van der Waals surface area contributed by atoms with E-state index in [4.69, 9.17) is 16.2 Å². The normalized spacial score (nSPS) is 12.4. The fourth-order valence-electron chi connectivity index (χ4n) is 1.20. The Balaban J connectivity index is 4.08. The van der Waals surface area contributed by atoms with Crippen molar-refractivity contribution >= 4 is 18.3 Å². The van der Waals surface area contributed by atoms with Gasteiger partial charge in [-0.15, -0.1) is 0 Å². The number of aldehydes is 1. The van der Waals surface area contributed by atoms with Crippen LogP contribution in [0.5, 0.6) is 0 Å². The summed E-state index contributed by atoms with van der Waals surface area (Å²) in [6.45, 7) is 5.95. The molecule has 0 aromatic heterocycles. The smallest absolute Gasteiger partial charge is 0.408 e. The van der Waals surface area contributed by atoms with E-state index >= 15 is 0 Å². The molecule has 0 rings (SSSR count). The topological polar surface area (TPSA) is 120 Å². The number of ether oxygens (including phenoxy) is 1. The first-order valence-corrected chi connectivity index (χ1v) is 6.31. The first-order chi connectivity index (χ1) is 8.80. The lowest BCUT2D eigenvalue weighted by Crippen LogP contribution is -2.40. The van der Waals surface area contributed by atoms with E-state index in [1.165, 1.54) is 0 Å². The number of hydrogen-bond acceptors (Lipinski definition) is 4. The van der Waals surface area contributed by atoms with Crippen LogP contribution in [0.3, 0.4) is 0 Å². The van der Waals surface area contributed by atoms with Gasteiger partial charge in [0.15, 0.2) is 5.96 Å². The molecule has 7 nitrogen and oxygen atoms in total. The molecule has 7 heteroatoms. The molecule has 0 aromatic rings. The summed E-state index contributed by atoms with van der Waals surface area (Å²) in [4.78, 5) is 26.2. The fraction of sp³-hybridized carbons (Fsp3) is 0.750. The van der Waals surface area contributed by atoms with Crippen molar-refractivity contribution in [2.45, 2.75) is 51.7 Å². The van der Waals surface area contributed by atoms with Gasteiger partial charge in [-0.3, -0.25) is 4.99 Å². The number of carbonyl (C=O) groups is 2. The van der Waals surface area contributed by atoms with E-state index in [0.29, 0.717) is 32.1 Å². The van der Waals surface area contributed by atoms with Crippen molar-refractivity contribution < 1.29 is 14.3 Å². The molecule has 0 spiro atoms. The van der Waals surface area contributed by atoms with Crippen molar-refractivity contribution in [2.24, 2.45) is 16.5 Å². The quantitative estimate of drug-likeness (QED) is 0.257. The fourth-order valence-corrected chi connectivity index (χ4v) is 1.20. The van der Waals surface area contributed by atoms with Crippen molar-refractivity contribution in [3.8, 4) is 0 Å². The van der Waals surface area contributed by atoms with Crippen LogP contribution in [0.25, 0.3) is 0 Å². The van der Waals surface area contributed by atoms with Gasteiger partial charge in [-0.05, 0) is 33.1 Å². The zero-order chi connectivity index (χ0) is 14.9. The molecule has 0 aliphatic rings. The third kappa shape index (κ3) is 8.87. The standard InChI is InChI=1S/C12H24N4O3/c1-4-12(2,3)19-11(18)16-9(8-17)6-5-7-15-10(13)14/h8-9H,4-7H2,1-3H3,(H,16,18)(H4,13,14,15)/t9-/m0/s1. The molecule has 0 heterocycles. The van der Waals surface area contributed by atoms with Gasteiger partial charge in [0.25, 0.3) is 0 Å². The van der Waals surface area contributed by atoms with Gasteiger partial charge in [0.05, 0.1) is 6.04 Å². The van der Waals surface area contributed by atoms with Crippen LogP contribution in [0.15, 0.2) is 4.99 Å². The van der Waals surface area contributed by atoms with E-state index in [0.717, 1.165) is 0 Å². The highest BCUT2D eigenvalue weighted by molar-refractivity contribution is 5.75. The Morgan fingerprint density at radius 3 is 2.58 bits per heavy atom. The van der Waals surface area contributed by atoms with E-state index in [-0.39, 0.29) is 5.96 Å². The SMILES string of the molecule is CCC(C)(C)OC(=O)N[C@H](C=O)CCCN=C(N)N. The second-order valence-electron chi connectivity index (χ2n) is 4.84. The average molecular weight is 272 g/mol. The number of alkyl carbamates (subject to hydrolysis) is 1. The minimum Gasteiger partial charge on any atom is -0.444 e. The number of nitrogens with two attached hydrogens (primary N) is 2. The number of nitrogens with zero attached hydrogens (tertiary/aromatic N) is 1. The maximum Gasteiger partial charge on any atom is 0.408 e. The van der Waals surface area contributed by atoms with Gasteiger partial charge in [0.1, 0.15) is 11.9 Å². The molecular weight excluding hydrogens is 248 g/mol. The molecule has 0 unspecified atom stereocenters. The van der Waals surface area contributed by atoms with Crippen molar-refractivity contribution in [1.82, 2.24) is 5.32 Å². The van der Waals surface area contributed by atoms with E-state index in [2.05, 4.69) is 10.3 Å². The summed E-state index contributed by atoms with van der Waals surface area (Å²) < 4.78 is 5.19. The number of aliphatic imine (C=N–C) groups is 1. The Morgan fingerprint density at radius 2 is 2.11 bits per heavy atom. The lowest BCUT2D eigenvalue weighted by Gasteiger charge is -2.24. The number of guanidine groups is 1. The molecule has 0 saturated heterocycles. The molecular formula is C12H24N4O3. The summed E-state index contributed by atoms with van der Waals surface area (Å²) in [6.07, 6.45) is 1.83. The number of hydrogen-bond donors (Lipinski definition) is 3. The molecule has 1 atom stereocenters. The van der Waals surface area contributed by atoms with Gasteiger partial charge in [-0.2, -0.15) is 0 Å². The molecule has 0 bridgehead atoms. The largest absolute Gasteiger partial charge is 0.444 e. The summed E-state index contributed by atoms with van der Waals surface area (Å²) in [5.74, 6) is 0.0136. The summed E-state index contributed by atoms with van der Waals surface area (Å²) in [5, 5.41) is 2.51. The second kappa shape index (κ2) is 8.34. The van der Waals surface area contributed by atoms with Gasteiger partial charge in [-0.25, -0.2) is 4.79 Å². The Hall–Kier alpha value is -1.79. The van der Waals surface area contributed by atoms with Crippen LogP contribution >= 0.6 is 0 Å². The minimum atomic E-state index is -0.592. The number of nitrogens with one attached hydrogen (secondary N) is 1. The molecule has 110 valence electrons. The Bertz CT molecular complexity index is 325. The van der Waals surface area contributed by atoms with Crippen LogP contribution in [0.1, 0.15) is 40.0 Å². The van der Waals surface area contributed by atoms with E-state index < -0.39 is 17.7 Å². The molecule has 0 aromatic carbocycles. The predicted octanol–water partition coefficient (Wildman–Crippen LogP) is 0.522. The molecule has 1 amide bonds. The van der Waals surface area contributed by atoms with Crippen molar-refractivity contribution in [2.75, 3.05) is 6.54 Å². The highest BCUT2D eigenvalue weighted by atomic mass is 16.6. The van der Waals surface area contributed by atoms with E-state index in [1.54, 1.807) is 13.8 Å². The van der Waals surface area contributed by atoms with Crippen LogP contribution in [0.4, 0.5) is 4.79 Å². The summed E-state index contributed by atoms with van der Waals surface area (Å²) in [7, 11) is 0. The molecule has 5 N–H and O–H groups in total. The summed E-state index contributed by atoms with van der Waals surface area (Å²) in [6, 6.07) is -0.589. The first kappa shape index (κ1) is 17.2. The zero-order valence-electron chi connectivity index (χ0n) is 11.8. The monoisotopic (exact) mass is 272 g/mol. The minimum absolute atomic E-state index is 0.0136. The molecule has 0 aliphatic heterocycles. The van der Waals surface area contributed by atoms with Gasteiger partial charge < -0.3 is 26.3 Å². The third-order valence-electron chi connectivity index (χ3n) is 2.66. The third-order valence-corrected chi connectivity index (χ3v) is 2.66. The maximum absolute atomic E-state index is 11.6.